The van der Waals surface area contributed by atoms with Crippen molar-refractivity contribution in [3.8, 4) is 5.69 Å². The Bertz CT molecular complexity index is 716. The second-order valence-electron chi connectivity index (χ2n) is 6.36. The molecule has 25 heavy (non-hydrogen) atoms. The van der Waals surface area contributed by atoms with Crippen molar-refractivity contribution in [2.75, 3.05) is 13.2 Å². The Morgan fingerprint density at radius 2 is 2.08 bits per heavy atom. The summed E-state index contributed by atoms with van der Waals surface area (Å²) in [6, 6.07) is 7.26. The van der Waals surface area contributed by atoms with Crippen LogP contribution in [0.15, 0.2) is 24.3 Å². The molecule has 0 atom stereocenters. The molecule has 134 valence electrons. The summed E-state index contributed by atoms with van der Waals surface area (Å²) in [6.07, 6.45) is 5.58. The lowest BCUT2D eigenvalue weighted by Crippen LogP contribution is -2.46. The van der Waals surface area contributed by atoms with Crippen molar-refractivity contribution in [3.63, 3.8) is 0 Å². The fraction of sp³-hybridized carbons (Fsp3) is 0.556. The second kappa shape index (κ2) is 7.74. The van der Waals surface area contributed by atoms with E-state index in [9.17, 15) is 4.79 Å². The third kappa shape index (κ3) is 3.56. The second-order valence-corrected chi connectivity index (χ2v) is 6.36. The maximum Gasteiger partial charge on any atom is 0.338 e. The molecule has 1 heterocycles. The highest BCUT2D eigenvalue weighted by Crippen LogP contribution is 2.36. The molecule has 3 rings (SSSR count). The first kappa shape index (κ1) is 17.5. The first-order chi connectivity index (χ1) is 12.2. The van der Waals surface area contributed by atoms with Crippen LogP contribution in [0, 0.1) is 0 Å². The molecule has 1 saturated carbocycles. The molecule has 0 amide bonds. The molecule has 0 radical (unpaired) electrons. The summed E-state index contributed by atoms with van der Waals surface area (Å²) in [6.45, 7) is 5.11. The van der Waals surface area contributed by atoms with Crippen LogP contribution in [0.4, 0.5) is 0 Å². The van der Waals surface area contributed by atoms with Gasteiger partial charge in [-0.15, -0.1) is 5.10 Å². The third-order valence-corrected chi connectivity index (χ3v) is 4.72. The molecular formula is C18H25N5O2. The summed E-state index contributed by atoms with van der Waals surface area (Å²) in [5.41, 5.74) is 1.06. The quantitative estimate of drug-likeness (QED) is 0.812. The Morgan fingerprint density at radius 1 is 1.28 bits per heavy atom. The zero-order valence-electron chi connectivity index (χ0n) is 14.9. The molecule has 1 aliphatic carbocycles. The Balaban J connectivity index is 1.98. The number of rotatable bonds is 6. The number of aromatic nitrogens is 4. The van der Waals surface area contributed by atoms with Crippen LogP contribution in [0.3, 0.4) is 0 Å². The smallest absolute Gasteiger partial charge is 0.338 e. The Hall–Kier alpha value is -2.28. The van der Waals surface area contributed by atoms with Crippen LogP contribution < -0.4 is 5.32 Å². The van der Waals surface area contributed by atoms with Crippen molar-refractivity contribution in [2.45, 2.75) is 51.5 Å². The summed E-state index contributed by atoms with van der Waals surface area (Å²) < 4.78 is 6.84. The average molecular weight is 343 g/mol. The molecule has 2 aromatic rings. The van der Waals surface area contributed by atoms with E-state index >= 15 is 0 Å². The van der Waals surface area contributed by atoms with Crippen LogP contribution in [-0.2, 0) is 10.3 Å². The fourth-order valence-electron chi connectivity index (χ4n) is 3.61. The van der Waals surface area contributed by atoms with Crippen LogP contribution in [-0.4, -0.2) is 39.3 Å². The number of hydrogen-bond acceptors (Lipinski definition) is 6. The molecule has 1 fully saturated rings. The normalized spacial score (nSPS) is 16.6. The maximum absolute atomic E-state index is 12.0. The van der Waals surface area contributed by atoms with Crippen LogP contribution >= 0.6 is 0 Å². The molecule has 0 spiro atoms. The topological polar surface area (TPSA) is 81.9 Å². The van der Waals surface area contributed by atoms with Crippen LogP contribution in [0.25, 0.3) is 5.69 Å². The molecule has 1 aromatic heterocycles. The lowest BCUT2D eigenvalue weighted by molar-refractivity contribution is 0.0526. The molecule has 0 saturated heterocycles. The molecule has 7 nitrogen and oxygen atoms in total. The van der Waals surface area contributed by atoms with Gasteiger partial charge in [-0.05, 0) is 54.9 Å². The fourth-order valence-corrected chi connectivity index (χ4v) is 3.61. The maximum atomic E-state index is 12.0. The lowest BCUT2D eigenvalue weighted by Gasteiger charge is -2.36. The molecule has 0 unspecified atom stereocenters. The molecule has 1 N–H and O–H groups in total. The van der Waals surface area contributed by atoms with Gasteiger partial charge in [0, 0.05) is 0 Å². The number of hydrogen-bond donors (Lipinski definition) is 1. The van der Waals surface area contributed by atoms with Crippen molar-refractivity contribution >= 4 is 5.97 Å². The number of nitrogens with one attached hydrogen (secondary N) is 1. The summed E-state index contributed by atoms with van der Waals surface area (Å²) in [5.74, 6) is 0.480. The summed E-state index contributed by atoms with van der Waals surface area (Å²) >= 11 is 0. The molecule has 0 bridgehead atoms. The van der Waals surface area contributed by atoms with E-state index in [4.69, 9.17) is 4.74 Å². The van der Waals surface area contributed by atoms with Gasteiger partial charge < -0.3 is 10.1 Å². The highest BCUT2D eigenvalue weighted by Gasteiger charge is 2.38. The van der Waals surface area contributed by atoms with Crippen LogP contribution in [0.1, 0.15) is 62.1 Å². The number of ether oxygens (including phenoxy) is 1. The van der Waals surface area contributed by atoms with E-state index in [0.29, 0.717) is 12.2 Å². The first-order valence-corrected chi connectivity index (χ1v) is 9.01. The van der Waals surface area contributed by atoms with Crippen LogP contribution in [0.2, 0.25) is 0 Å². The average Bonchev–Trinajstić information content (AvgIpc) is 3.14. The van der Waals surface area contributed by atoms with Gasteiger partial charge in [0.25, 0.3) is 0 Å². The van der Waals surface area contributed by atoms with Gasteiger partial charge in [0.15, 0.2) is 5.82 Å². The minimum absolute atomic E-state index is 0.212. The number of esters is 1. The summed E-state index contributed by atoms with van der Waals surface area (Å²) in [5, 5.41) is 16.1. The van der Waals surface area contributed by atoms with E-state index in [-0.39, 0.29) is 11.5 Å². The molecule has 1 aromatic carbocycles. The molecule has 1 aliphatic rings. The van der Waals surface area contributed by atoms with Gasteiger partial charge >= 0.3 is 5.97 Å². The van der Waals surface area contributed by atoms with Gasteiger partial charge in [-0.25, -0.2) is 4.79 Å². The Morgan fingerprint density at radius 3 is 2.80 bits per heavy atom. The van der Waals surface area contributed by atoms with Gasteiger partial charge in [0.05, 0.1) is 23.4 Å². The predicted molar refractivity (Wildman–Crippen MR) is 93.6 cm³/mol. The van der Waals surface area contributed by atoms with Crippen molar-refractivity contribution in [1.29, 1.82) is 0 Å². The summed E-state index contributed by atoms with van der Waals surface area (Å²) in [7, 11) is 0. The number of tetrazole rings is 1. The van der Waals surface area contributed by atoms with E-state index in [2.05, 4.69) is 27.8 Å². The number of carbonyl (C=O) groups is 1. The van der Waals surface area contributed by atoms with Gasteiger partial charge in [-0.3, -0.25) is 0 Å². The summed E-state index contributed by atoms with van der Waals surface area (Å²) in [4.78, 5) is 12.0. The predicted octanol–water partition coefficient (Wildman–Crippen LogP) is 2.61. The Labute approximate surface area is 147 Å². The monoisotopic (exact) mass is 343 g/mol. The molecule has 7 heteroatoms. The first-order valence-electron chi connectivity index (χ1n) is 9.01. The van der Waals surface area contributed by atoms with Gasteiger partial charge in [0.2, 0.25) is 0 Å². The Kier molecular flexibility index (Phi) is 5.43. The van der Waals surface area contributed by atoms with Crippen molar-refractivity contribution < 1.29 is 9.53 Å². The minimum Gasteiger partial charge on any atom is -0.462 e. The standard InChI is InChI=1S/C18H25N5O2/c1-3-19-18(11-6-5-7-12-18)17-20-21-22-23(17)15-10-8-9-14(13-15)16(24)25-4-2/h8-10,13,19H,3-7,11-12H2,1-2H3. The van der Waals surface area contributed by atoms with Gasteiger partial charge in [-0.1, -0.05) is 32.3 Å². The highest BCUT2D eigenvalue weighted by atomic mass is 16.5. The van der Waals surface area contributed by atoms with Gasteiger partial charge in [0.1, 0.15) is 0 Å². The number of carbonyl (C=O) groups excluding carboxylic acids is 1. The molecule has 0 aliphatic heterocycles. The SMILES string of the molecule is CCNC1(c2nnnn2-c2cccc(C(=O)OCC)c2)CCCCC1. The highest BCUT2D eigenvalue weighted by molar-refractivity contribution is 5.90. The number of nitrogens with zero attached hydrogens (tertiary/aromatic N) is 4. The van der Waals surface area contributed by atoms with Crippen molar-refractivity contribution in [3.05, 3.63) is 35.7 Å². The van der Waals surface area contributed by atoms with E-state index in [1.807, 2.05) is 12.1 Å². The van der Waals surface area contributed by atoms with Crippen molar-refractivity contribution in [1.82, 2.24) is 25.5 Å². The van der Waals surface area contributed by atoms with E-state index < -0.39 is 0 Å². The van der Waals surface area contributed by atoms with Gasteiger partial charge in [-0.2, -0.15) is 4.68 Å². The van der Waals surface area contributed by atoms with Crippen molar-refractivity contribution in [2.24, 2.45) is 0 Å². The van der Waals surface area contributed by atoms with Crippen LogP contribution in [0.5, 0.6) is 0 Å². The number of benzene rings is 1. The third-order valence-electron chi connectivity index (χ3n) is 4.72. The zero-order valence-corrected chi connectivity index (χ0v) is 14.9. The van der Waals surface area contributed by atoms with E-state index in [1.54, 1.807) is 23.7 Å². The minimum atomic E-state index is -0.335. The molecular weight excluding hydrogens is 318 g/mol. The zero-order chi connectivity index (χ0) is 17.7. The largest absolute Gasteiger partial charge is 0.462 e. The lowest BCUT2D eigenvalue weighted by atomic mass is 9.81. The van der Waals surface area contributed by atoms with E-state index in [0.717, 1.165) is 43.7 Å². The van der Waals surface area contributed by atoms with E-state index in [1.165, 1.54) is 6.42 Å².